The molecule has 80 heavy (non-hydrogen) atoms. The molecule has 1 aliphatic carbocycles. The molecule has 0 unspecified atom stereocenters. The number of para-hydroxylation sites is 4. The third-order valence-electron chi connectivity index (χ3n) is 15.6. The summed E-state index contributed by atoms with van der Waals surface area (Å²) < 4.78 is 0. The van der Waals surface area contributed by atoms with Gasteiger partial charge in [-0.2, -0.15) is 5.11 Å². The van der Waals surface area contributed by atoms with Crippen LogP contribution in [-0.2, 0) is 24.3 Å². The fourth-order valence-corrected chi connectivity index (χ4v) is 11.6. The van der Waals surface area contributed by atoms with E-state index in [4.69, 9.17) is 25.3 Å². The summed E-state index contributed by atoms with van der Waals surface area (Å²) >= 11 is 0. The van der Waals surface area contributed by atoms with E-state index in [0.29, 0.717) is 72.7 Å². The highest BCUT2D eigenvalue weighted by Crippen LogP contribution is 2.49. The van der Waals surface area contributed by atoms with Crippen molar-refractivity contribution in [2.45, 2.75) is 33.3 Å². The Balaban J connectivity index is 0.841. The van der Waals surface area contributed by atoms with Gasteiger partial charge in [-0.05, 0) is 100 Å². The van der Waals surface area contributed by atoms with E-state index in [1.807, 2.05) is 159 Å². The molecule has 0 radical (unpaired) electrons. The molecule has 14 rings (SSSR count). The minimum Gasteiger partial charge on any atom is -0.505 e. The number of azo groups is 2. The quantitative estimate of drug-likeness (QED) is 0.0521. The Morgan fingerprint density at radius 2 is 1.10 bits per heavy atom. The highest BCUT2D eigenvalue weighted by atomic mass is 16.6. The summed E-state index contributed by atoms with van der Waals surface area (Å²) in [6.07, 6.45) is 1.53. The van der Waals surface area contributed by atoms with Gasteiger partial charge in [0.2, 0.25) is 0 Å². The number of hydrogen-bond donors (Lipinski definition) is 6. The summed E-state index contributed by atoms with van der Waals surface area (Å²) in [5.41, 5.74) is 14.3. The lowest BCUT2D eigenvalue weighted by molar-refractivity contribution is 0.102. The molecule has 2 aromatic heterocycles. The highest BCUT2D eigenvalue weighted by Gasteiger charge is 2.28. The maximum absolute atomic E-state index is 14.8. The van der Waals surface area contributed by atoms with Crippen molar-refractivity contribution in [3.63, 3.8) is 0 Å². The number of anilines is 2. The van der Waals surface area contributed by atoms with Crippen molar-refractivity contribution in [1.29, 1.82) is 0 Å². The Morgan fingerprint density at radius 1 is 0.500 bits per heavy atom. The van der Waals surface area contributed by atoms with Crippen molar-refractivity contribution in [1.82, 2.24) is 9.97 Å². The summed E-state index contributed by atoms with van der Waals surface area (Å²) in [5, 5.41) is 54.6. The van der Waals surface area contributed by atoms with Gasteiger partial charge >= 0.3 is 0 Å². The van der Waals surface area contributed by atoms with Crippen LogP contribution in [0.4, 0.5) is 34.1 Å². The van der Waals surface area contributed by atoms with Crippen molar-refractivity contribution in [2.24, 2.45) is 20.5 Å². The molecule has 0 aliphatic heterocycles. The Morgan fingerprint density at radius 3 is 1.81 bits per heavy atom. The van der Waals surface area contributed by atoms with Gasteiger partial charge in [0.05, 0.1) is 33.7 Å². The van der Waals surface area contributed by atoms with Crippen molar-refractivity contribution < 1.29 is 24.6 Å². The molecule has 6 N–H and O–H groups in total. The van der Waals surface area contributed by atoms with Crippen LogP contribution in [0.25, 0.3) is 87.1 Å². The second-order valence-electron chi connectivity index (χ2n) is 20.1. The van der Waals surface area contributed by atoms with E-state index < -0.39 is 5.91 Å². The molecule has 1 amide bonds. The van der Waals surface area contributed by atoms with Gasteiger partial charge in [-0.3, -0.25) is 19.9 Å². The number of hydrogen-bond acceptors (Lipinski definition) is 10. The number of aromatic amines is 2. The third-order valence-corrected chi connectivity index (χ3v) is 15.6. The number of aromatic hydroxyl groups is 2. The molecule has 0 saturated heterocycles. The Kier molecular flexibility index (Phi) is 11.5. The number of phenolic OH excluding ortho intramolecular Hbond substituents is 2. The number of nitrogens with zero attached hydrogens (tertiary/aromatic N) is 4. The molecule has 0 spiro atoms. The van der Waals surface area contributed by atoms with E-state index in [9.17, 15) is 19.8 Å². The summed E-state index contributed by atoms with van der Waals surface area (Å²) in [6.45, 7) is 4.13. The van der Waals surface area contributed by atoms with Crippen LogP contribution < -0.4 is 10.8 Å². The molecule has 0 saturated carbocycles. The lowest BCUT2D eigenvalue weighted by atomic mass is 9.82. The molecular formula is C67H48N8O5. The van der Waals surface area contributed by atoms with Gasteiger partial charge in [0, 0.05) is 76.5 Å². The molecule has 0 fully saturated rings. The lowest BCUT2D eigenvalue weighted by Crippen LogP contribution is -2.13. The lowest BCUT2D eigenvalue weighted by Gasteiger charge is -2.20. The standard InChI is InChI=1S/C67H48N8O5/c1-3-36-14-5-9-20-52(36)70-67(79)51-33-39-25-28-47-44-17-8-12-23-55(44)69-61(47)58(39)63(66(51)78)74-72-56-31-30-45-42-29-26-41(34-50(42)65(77)49-19-13-18-48(56)59(45)49)71-73-62-57-38(24-27-46-43-16-7-11-22-54(43)68-60(46)57)32-40(64(62)76)35-80-75-53-21-10-6-15-37(53)4-2/h5-34,68-69,75-76,78H,3-4,35H2,1-2H3,(H,70,79). The van der Waals surface area contributed by atoms with Crippen LogP contribution in [0.5, 0.6) is 11.5 Å². The van der Waals surface area contributed by atoms with Crippen LogP contribution in [0.1, 0.15) is 56.8 Å². The number of H-pyrrole nitrogens is 2. The van der Waals surface area contributed by atoms with Gasteiger partial charge in [-0.1, -0.05) is 141 Å². The van der Waals surface area contributed by atoms with Crippen LogP contribution >= 0.6 is 0 Å². The molecule has 1 aliphatic rings. The first-order chi connectivity index (χ1) is 39.2. The highest BCUT2D eigenvalue weighted by molar-refractivity contribution is 6.28. The second kappa shape index (κ2) is 19.2. The number of benzene rings is 11. The van der Waals surface area contributed by atoms with Crippen LogP contribution in [0.3, 0.4) is 0 Å². The molecule has 2 heterocycles. The van der Waals surface area contributed by atoms with E-state index in [1.165, 1.54) is 0 Å². The molecule has 13 heteroatoms. The minimum atomic E-state index is -0.488. The summed E-state index contributed by atoms with van der Waals surface area (Å²) in [6, 6.07) is 57.9. The molecule has 386 valence electrons. The van der Waals surface area contributed by atoms with Crippen molar-refractivity contribution in [3.05, 3.63) is 215 Å². The molecule has 13 nitrogen and oxygen atoms in total. The normalized spacial score (nSPS) is 12.4. The number of aryl methyl sites for hydroxylation is 2. The number of carbonyl (C=O) groups is 2. The number of fused-ring (bicyclic) bond motifs is 12. The number of amides is 1. The van der Waals surface area contributed by atoms with E-state index in [1.54, 1.807) is 18.2 Å². The molecular weight excluding hydrogens is 997 g/mol. The fourth-order valence-electron chi connectivity index (χ4n) is 11.6. The van der Waals surface area contributed by atoms with E-state index in [-0.39, 0.29) is 40.8 Å². The van der Waals surface area contributed by atoms with E-state index >= 15 is 0 Å². The predicted octanol–water partition coefficient (Wildman–Crippen LogP) is 17.8. The topological polar surface area (TPSA) is 189 Å². The van der Waals surface area contributed by atoms with Gasteiger partial charge < -0.3 is 25.5 Å². The van der Waals surface area contributed by atoms with Gasteiger partial charge in [0.1, 0.15) is 23.7 Å². The molecule has 0 atom stereocenters. The van der Waals surface area contributed by atoms with Gasteiger partial charge in [-0.25, -0.2) is 0 Å². The van der Waals surface area contributed by atoms with Crippen LogP contribution in [0, 0.1) is 0 Å². The van der Waals surface area contributed by atoms with Crippen molar-refractivity contribution >= 4 is 122 Å². The summed E-state index contributed by atoms with van der Waals surface area (Å²) in [4.78, 5) is 42.0. The number of carbonyl (C=O) groups excluding carboxylic acids is 2. The maximum Gasteiger partial charge on any atom is 0.259 e. The Labute approximate surface area is 456 Å². The first-order valence-electron chi connectivity index (χ1n) is 26.5. The number of ketones is 1. The first-order valence-corrected chi connectivity index (χ1v) is 26.5. The van der Waals surface area contributed by atoms with Gasteiger partial charge in [0.15, 0.2) is 11.5 Å². The smallest absolute Gasteiger partial charge is 0.259 e. The Hall–Kier alpha value is -10.5. The largest absolute Gasteiger partial charge is 0.505 e. The van der Waals surface area contributed by atoms with Crippen LogP contribution in [0.2, 0.25) is 0 Å². The minimum absolute atomic E-state index is 0.0310. The van der Waals surface area contributed by atoms with Crippen molar-refractivity contribution in [3.8, 4) is 22.6 Å². The van der Waals surface area contributed by atoms with Gasteiger partial charge in [0.25, 0.3) is 5.91 Å². The van der Waals surface area contributed by atoms with Crippen LogP contribution in [0.15, 0.2) is 202 Å². The predicted molar refractivity (Wildman–Crippen MR) is 319 cm³/mol. The molecule has 11 aromatic carbocycles. The zero-order valence-corrected chi connectivity index (χ0v) is 43.3. The number of rotatable bonds is 12. The summed E-state index contributed by atoms with van der Waals surface area (Å²) in [5.74, 6) is -1.10. The number of aromatic nitrogens is 2. The second-order valence-corrected chi connectivity index (χ2v) is 20.1. The first kappa shape index (κ1) is 47.9. The molecule has 0 bridgehead atoms. The van der Waals surface area contributed by atoms with Crippen molar-refractivity contribution in [2.75, 3.05) is 10.8 Å². The average molecular weight is 1050 g/mol. The summed E-state index contributed by atoms with van der Waals surface area (Å²) in [7, 11) is 0. The SMILES string of the molecule is CCc1ccccc1NOCc1cc2ccc3c4ccccc4[nH]c3c2c(N=Nc2ccc3c(c2)C(=O)c2cccc4c(N=Nc5c(O)c(C(=O)Nc6ccccc6CC)cc6ccc7c8ccccc8[nH]c7c56)ccc-3c24)c1O. The monoisotopic (exact) mass is 1040 g/mol. The van der Waals surface area contributed by atoms with Gasteiger partial charge in [-0.15, -0.1) is 15.3 Å². The van der Waals surface area contributed by atoms with E-state index in [2.05, 4.69) is 39.8 Å². The van der Waals surface area contributed by atoms with E-state index in [0.717, 1.165) is 77.8 Å². The fraction of sp³-hybridized carbons (Fsp3) is 0.0746. The Bertz CT molecular complexity index is 4840. The van der Waals surface area contributed by atoms with Crippen LogP contribution in [-0.4, -0.2) is 31.9 Å². The third kappa shape index (κ3) is 7.81. The zero-order chi connectivity index (χ0) is 54.2. The zero-order valence-electron chi connectivity index (χ0n) is 43.3. The number of phenols is 2. The maximum atomic E-state index is 14.8. The average Bonchev–Trinajstić information content (AvgIpc) is 4.13. The molecule has 13 aromatic rings. The number of nitrogens with one attached hydrogen (secondary N) is 4.